The molecule has 36 heavy (non-hydrogen) atoms. The molecule has 2 aliphatic carbocycles. The zero-order chi connectivity index (χ0) is 26.3. The minimum absolute atomic E-state index is 0.00599. The van der Waals surface area contributed by atoms with Gasteiger partial charge in [0, 0.05) is 24.7 Å². The van der Waals surface area contributed by atoms with E-state index in [1.54, 1.807) is 13.0 Å². The van der Waals surface area contributed by atoms with E-state index in [0.717, 1.165) is 24.8 Å². The predicted molar refractivity (Wildman–Crippen MR) is 127 cm³/mol. The van der Waals surface area contributed by atoms with Crippen LogP contribution in [0.5, 0.6) is 0 Å². The van der Waals surface area contributed by atoms with E-state index in [1.807, 2.05) is 13.8 Å². The van der Waals surface area contributed by atoms with Crippen molar-refractivity contribution in [2.45, 2.75) is 83.9 Å². The van der Waals surface area contributed by atoms with Crippen LogP contribution in [-0.4, -0.2) is 53.7 Å². The topological polar surface area (TPSA) is 100 Å². The van der Waals surface area contributed by atoms with E-state index in [0.29, 0.717) is 36.4 Å². The molecule has 200 valence electrons. The van der Waals surface area contributed by atoms with Gasteiger partial charge in [0.25, 0.3) is 0 Å². The third-order valence-corrected chi connectivity index (χ3v) is 6.29. The molecule has 4 atom stereocenters. The first-order chi connectivity index (χ1) is 17.1. The van der Waals surface area contributed by atoms with Gasteiger partial charge >= 0.3 is 12.1 Å². The van der Waals surface area contributed by atoms with E-state index in [4.69, 9.17) is 23.4 Å². The maximum atomic E-state index is 13.5. The van der Waals surface area contributed by atoms with Gasteiger partial charge in [0.2, 0.25) is 5.89 Å². The summed E-state index contributed by atoms with van der Waals surface area (Å²) in [4.78, 5) is 15.8. The number of rotatable bonds is 13. The van der Waals surface area contributed by atoms with Crippen LogP contribution in [0.1, 0.15) is 63.3 Å². The zero-order valence-corrected chi connectivity index (χ0v) is 21.0. The molecule has 0 radical (unpaired) electrons. The van der Waals surface area contributed by atoms with Crippen molar-refractivity contribution in [3.63, 3.8) is 0 Å². The maximum absolute atomic E-state index is 13.5. The molecule has 1 N–H and O–H groups in total. The van der Waals surface area contributed by atoms with Gasteiger partial charge in [-0.15, -0.1) is 0 Å². The molecule has 1 heterocycles. The lowest BCUT2D eigenvalue weighted by molar-refractivity contribution is -0.174. The second kappa shape index (κ2) is 12.6. The molecule has 4 unspecified atom stereocenters. The number of aryl methyl sites for hydroxylation is 1. The largest absolute Gasteiger partial charge is 0.479 e. The smallest absolute Gasteiger partial charge is 0.419 e. The summed E-state index contributed by atoms with van der Waals surface area (Å²) in [5.74, 6) is 0.0823. The molecule has 8 nitrogen and oxygen atoms in total. The molecular weight excluding hydrogens is 476 g/mol. The highest BCUT2D eigenvalue weighted by molar-refractivity contribution is 5.72. The number of nitrogens with zero attached hydrogens (tertiary/aromatic N) is 1. The lowest BCUT2D eigenvalue weighted by atomic mass is 9.92. The Balaban J connectivity index is 1.55. The Kier molecular flexibility index (Phi) is 9.81. The van der Waals surface area contributed by atoms with Crippen molar-refractivity contribution < 1.29 is 42.0 Å². The normalized spacial score (nSPS) is 23.5. The summed E-state index contributed by atoms with van der Waals surface area (Å²) in [7, 11) is 0. The Morgan fingerprint density at radius 2 is 2.06 bits per heavy atom. The van der Waals surface area contributed by atoms with Gasteiger partial charge in [-0.25, -0.2) is 9.78 Å². The van der Waals surface area contributed by atoms with Crippen LogP contribution in [0.2, 0.25) is 0 Å². The van der Waals surface area contributed by atoms with E-state index in [2.05, 4.69) is 11.6 Å². The minimum Gasteiger partial charge on any atom is -0.479 e. The fourth-order valence-electron chi connectivity index (χ4n) is 4.30. The number of ether oxygens (including phenoxy) is 4. The Bertz CT molecular complexity index is 971. The van der Waals surface area contributed by atoms with Gasteiger partial charge in [-0.3, -0.25) is 0 Å². The van der Waals surface area contributed by atoms with Crippen molar-refractivity contribution in [3.05, 3.63) is 47.9 Å². The number of carboxylic acids is 1. The van der Waals surface area contributed by atoms with Crippen LogP contribution in [0, 0.1) is 12.8 Å². The Morgan fingerprint density at radius 1 is 1.33 bits per heavy atom. The first kappa shape index (κ1) is 28.0. The quantitative estimate of drug-likeness (QED) is 0.351. The standard InChI is InChI=1S/C26H35F2NO7/c1-5-26(27,28)36-20-10-11-21(16(3)12-20)24-29-22(17(4)35-24)14-33-18-8-7-9-19(13-18)34-15-23(25(30)31)32-6-2/h5,10-11,16,18-19,23H,1,6-9,12-15H2,2-4H3,(H,30,31). The van der Waals surface area contributed by atoms with Crippen molar-refractivity contribution >= 4 is 11.5 Å². The molecule has 10 heteroatoms. The van der Waals surface area contributed by atoms with Crippen LogP contribution in [0.3, 0.4) is 0 Å². The number of carboxylic acid groups (broad SMARTS) is 1. The molecule has 0 bridgehead atoms. The van der Waals surface area contributed by atoms with Gasteiger partial charge in [0.15, 0.2) is 6.10 Å². The van der Waals surface area contributed by atoms with Crippen molar-refractivity contribution in [2.24, 2.45) is 5.92 Å². The lowest BCUT2D eigenvalue weighted by Gasteiger charge is -2.29. The van der Waals surface area contributed by atoms with E-state index < -0.39 is 18.2 Å². The average Bonchev–Trinajstić information content (AvgIpc) is 3.20. The van der Waals surface area contributed by atoms with Crippen LogP contribution in [0.15, 0.2) is 35.0 Å². The first-order valence-corrected chi connectivity index (χ1v) is 12.3. The number of hydrogen-bond donors (Lipinski definition) is 1. The molecule has 0 saturated heterocycles. The summed E-state index contributed by atoms with van der Waals surface area (Å²) in [5.41, 5.74) is 1.47. The maximum Gasteiger partial charge on any atom is 0.419 e. The van der Waals surface area contributed by atoms with E-state index in [9.17, 15) is 18.7 Å². The van der Waals surface area contributed by atoms with E-state index in [1.165, 1.54) is 6.08 Å². The number of carbonyl (C=O) groups is 1. The molecule has 0 aromatic carbocycles. The summed E-state index contributed by atoms with van der Waals surface area (Å²) >= 11 is 0. The molecule has 0 spiro atoms. The van der Waals surface area contributed by atoms with Crippen LogP contribution < -0.4 is 0 Å². The van der Waals surface area contributed by atoms with Gasteiger partial charge in [-0.2, -0.15) is 8.78 Å². The Morgan fingerprint density at radius 3 is 2.69 bits per heavy atom. The summed E-state index contributed by atoms with van der Waals surface area (Å²) in [6.45, 7) is 9.12. The summed E-state index contributed by atoms with van der Waals surface area (Å²) in [5, 5.41) is 9.21. The number of oxazole rings is 1. The second-order valence-electron chi connectivity index (χ2n) is 9.09. The molecule has 0 aliphatic heterocycles. The van der Waals surface area contributed by atoms with Gasteiger partial charge in [-0.1, -0.05) is 19.6 Å². The van der Waals surface area contributed by atoms with Gasteiger partial charge in [0.1, 0.15) is 17.2 Å². The zero-order valence-electron chi connectivity index (χ0n) is 21.0. The summed E-state index contributed by atoms with van der Waals surface area (Å²) < 4.78 is 54.6. The van der Waals surface area contributed by atoms with Gasteiger partial charge in [0.05, 0.1) is 25.4 Å². The van der Waals surface area contributed by atoms with E-state index >= 15 is 0 Å². The highest BCUT2D eigenvalue weighted by Crippen LogP contribution is 2.35. The van der Waals surface area contributed by atoms with Gasteiger partial charge < -0.3 is 28.5 Å². The molecule has 1 aromatic rings. The van der Waals surface area contributed by atoms with Gasteiger partial charge in [-0.05, 0) is 51.5 Å². The van der Waals surface area contributed by atoms with Crippen LogP contribution in [0.25, 0.3) is 5.57 Å². The van der Waals surface area contributed by atoms with E-state index in [-0.39, 0.29) is 43.5 Å². The minimum atomic E-state index is -3.41. The first-order valence-electron chi connectivity index (χ1n) is 12.3. The third-order valence-electron chi connectivity index (χ3n) is 6.29. The predicted octanol–water partition coefficient (Wildman–Crippen LogP) is 5.42. The van der Waals surface area contributed by atoms with Crippen molar-refractivity contribution in [2.75, 3.05) is 13.2 Å². The molecule has 1 saturated carbocycles. The number of alkyl halides is 2. The number of aliphatic carboxylic acids is 1. The SMILES string of the molecule is C=CC(F)(F)OC1=CC=C(c2nc(COC3CCCC(OCC(OCC)C(=O)O)C3)c(C)o2)C(C)C1. The molecular formula is C26H35F2NO7. The fourth-order valence-corrected chi connectivity index (χ4v) is 4.30. The number of allylic oxidation sites excluding steroid dienone is 4. The molecule has 2 aliphatic rings. The molecule has 0 amide bonds. The molecule has 1 aromatic heterocycles. The van der Waals surface area contributed by atoms with Crippen molar-refractivity contribution in [1.82, 2.24) is 4.98 Å². The van der Waals surface area contributed by atoms with Crippen molar-refractivity contribution in [3.8, 4) is 0 Å². The third kappa shape index (κ3) is 7.72. The lowest BCUT2D eigenvalue weighted by Crippen LogP contribution is -2.34. The number of halogens is 2. The molecule has 3 rings (SSSR count). The summed E-state index contributed by atoms with van der Waals surface area (Å²) in [6.07, 6.45) is 2.73. The Labute approximate surface area is 209 Å². The highest BCUT2D eigenvalue weighted by atomic mass is 19.3. The second-order valence-corrected chi connectivity index (χ2v) is 9.09. The average molecular weight is 512 g/mol. The molecule has 1 fully saturated rings. The Hall–Kier alpha value is -2.56. The number of aromatic nitrogens is 1. The van der Waals surface area contributed by atoms with Crippen molar-refractivity contribution in [1.29, 1.82) is 0 Å². The highest BCUT2D eigenvalue weighted by Gasteiger charge is 2.31. The van der Waals surface area contributed by atoms with Crippen LogP contribution in [-0.2, 0) is 30.3 Å². The monoisotopic (exact) mass is 511 g/mol. The van der Waals surface area contributed by atoms with Crippen LogP contribution >= 0.6 is 0 Å². The summed E-state index contributed by atoms with van der Waals surface area (Å²) in [6, 6.07) is 0. The van der Waals surface area contributed by atoms with Crippen LogP contribution in [0.4, 0.5) is 8.78 Å². The fraction of sp³-hybridized carbons (Fsp3) is 0.615. The number of hydrogen-bond acceptors (Lipinski definition) is 7.